The molecule has 3 aromatic rings. The largest absolute Gasteiger partial charge is 0.489 e. The molecule has 0 N–H and O–H groups in total. The van der Waals surface area contributed by atoms with Crippen molar-refractivity contribution in [2.45, 2.75) is 0 Å². The van der Waals surface area contributed by atoms with Crippen molar-refractivity contribution >= 4 is 34.0 Å². The number of benzene rings is 3. The summed E-state index contributed by atoms with van der Waals surface area (Å²) < 4.78 is 11.3. The Hall–Kier alpha value is -2.41. The fourth-order valence-electron chi connectivity index (χ4n) is 2.38. The van der Waals surface area contributed by atoms with Crippen LogP contribution in [0, 0.1) is 11.3 Å². The van der Waals surface area contributed by atoms with Gasteiger partial charge in [-0.2, -0.15) is 5.26 Å². The molecule has 0 aromatic heterocycles. The smallest absolute Gasteiger partial charge is 0.138 e. The van der Waals surface area contributed by atoms with Gasteiger partial charge in [-0.1, -0.05) is 53.5 Å². The van der Waals surface area contributed by atoms with Crippen LogP contribution in [0.15, 0.2) is 54.6 Å². The zero-order valence-corrected chi connectivity index (χ0v) is 14.1. The number of hydrogen-bond acceptors (Lipinski definition) is 3. The fourth-order valence-corrected chi connectivity index (χ4v) is 2.85. The van der Waals surface area contributed by atoms with Gasteiger partial charge in [-0.25, -0.2) is 0 Å². The molecule has 0 bridgehead atoms. The van der Waals surface area contributed by atoms with E-state index in [1.807, 2.05) is 30.3 Å². The van der Waals surface area contributed by atoms with Gasteiger partial charge in [0.1, 0.15) is 36.3 Å². The predicted octanol–water partition coefficient (Wildman–Crippen LogP) is 5.48. The second-order valence-electron chi connectivity index (χ2n) is 5.04. The van der Waals surface area contributed by atoms with Gasteiger partial charge in [0, 0.05) is 10.4 Å². The molecule has 0 unspecified atom stereocenters. The first kappa shape index (κ1) is 16.4. The van der Waals surface area contributed by atoms with Gasteiger partial charge in [-0.05, 0) is 29.7 Å². The van der Waals surface area contributed by atoms with Crippen LogP contribution in [0.5, 0.6) is 11.5 Å². The Morgan fingerprint density at radius 3 is 2.33 bits per heavy atom. The quantitative estimate of drug-likeness (QED) is 0.568. The van der Waals surface area contributed by atoms with Gasteiger partial charge in [-0.3, -0.25) is 0 Å². The molecule has 0 aliphatic carbocycles. The van der Waals surface area contributed by atoms with Crippen LogP contribution in [0.25, 0.3) is 10.8 Å². The second kappa shape index (κ2) is 7.44. The highest BCUT2D eigenvalue weighted by molar-refractivity contribution is 6.35. The van der Waals surface area contributed by atoms with Gasteiger partial charge in [0.25, 0.3) is 0 Å². The number of nitrogens with zero attached hydrogens (tertiary/aromatic N) is 1. The third-order valence-electron chi connectivity index (χ3n) is 3.49. The number of rotatable bonds is 5. The van der Waals surface area contributed by atoms with E-state index in [-0.39, 0.29) is 0 Å². The lowest BCUT2D eigenvalue weighted by Gasteiger charge is -2.11. The Bertz CT molecular complexity index is 919. The molecule has 0 amide bonds. The zero-order valence-electron chi connectivity index (χ0n) is 12.6. The van der Waals surface area contributed by atoms with Crippen LogP contribution in [0.4, 0.5) is 0 Å². The molecule has 0 atom stereocenters. The van der Waals surface area contributed by atoms with Crippen LogP contribution in [0.3, 0.4) is 0 Å². The molecule has 3 rings (SSSR count). The average Bonchev–Trinajstić information content (AvgIpc) is 2.59. The lowest BCUT2D eigenvalue weighted by atomic mass is 10.0. The standard InChI is InChI=1S/C19H13Cl2NO2/c20-14-6-8-19(17(21)11-14)24-10-9-23-18-7-5-13-3-1-2-4-15(13)16(18)12-22/h1-8,11H,9-10H2. The maximum Gasteiger partial charge on any atom is 0.138 e. The van der Waals surface area contributed by atoms with Crippen LogP contribution < -0.4 is 9.47 Å². The van der Waals surface area contributed by atoms with Crippen molar-refractivity contribution < 1.29 is 9.47 Å². The summed E-state index contributed by atoms with van der Waals surface area (Å²) in [6, 6.07) is 18.7. The van der Waals surface area contributed by atoms with Crippen LogP contribution in [0.1, 0.15) is 5.56 Å². The van der Waals surface area contributed by atoms with Gasteiger partial charge < -0.3 is 9.47 Å². The SMILES string of the molecule is N#Cc1c(OCCOc2ccc(Cl)cc2Cl)ccc2ccccc12. The van der Waals surface area contributed by atoms with Crippen molar-refractivity contribution in [1.82, 2.24) is 0 Å². The molecule has 0 spiro atoms. The Kier molecular flexibility index (Phi) is 5.10. The summed E-state index contributed by atoms with van der Waals surface area (Å²) in [7, 11) is 0. The van der Waals surface area contributed by atoms with E-state index in [1.165, 1.54) is 0 Å². The lowest BCUT2D eigenvalue weighted by Crippen LogP contribution is -2.10. The first-order valence-electron chi connectivity index (χ1n) is 7.31. The second-order valence-corrected chi connectivity index (χ2v) is 5.89. The molecule has 24 heavy (non-hydrogen) atoms. The highest BCUT2D eigenvalue weighted by atomic mass is 35.5. The molecule has 0 saturated heterocycles. The Balaban J connectivity index is 1.67. The molecule has 0 saturated carbocycles. The summed E-state index contributed by atoms with van der Waals surface area (Å²) in [5.74, 6) is 1.09. The van der Waals surface area contributed by atoms with Crippen LogP contribution in [-0.2, 0) is 0 Å². The molecule has 3 aromatic carbocycles. The number of ether oxygens (including phenoxy) is 2. The van der Waals surface area contributed by atoms with Gasteiger partial charge >= 0.3 is 0 Å². The molecule has 5 heteroatoms. The minimum Gasteiger partial charge on any atom is -0.489 e. The highest BCUT2D eigenvalue weighted by Gasteiger charge is 2.08. The van der Waals surface area contributed by atoms with E-state index in [1.54, 1.807) is 24.3 Å². The average molecular weight is 358 g/mol. The molecular weight excluding hydrogens is 345 g/mol. The molecule has 0 radical (unpaired) electrons. The van der Waals surface area contributed by atoms with Crippen LogP contribution in [0.2, 0.25) is 10.0 Å². The molecule has 3 nitrogen and oxygen atoms in total. The van der Waals surface area contributed by atoms with E-state index in [4.69, 9.17) is 32.7 Å². The Morgan fingerprint density at radius 1 is 0.875 bits per heavy atom. The van der Waals surface area contributed by atoms with E-state index in [9.17, 15) is 5.26 Å². The van der Waals surface area contributed by atoms with Gasteiger partial charge in [0.05, 0.1) is 5.02 Å². The first-order chi connectivity index (χ1) is 11.7. The van der Waals surface area contributed by atoms with E-state index < -0.39 is 0 Å². The highest BCUT2D eigenvalue weighted by Crippen LogP contribution is 2.28. The van der Waals surface area contributed by atoms with Crippen molar-refractivity contribution in [2.75, 3.05) is 13.2 Å². The summed E-state index contributed by atoms with van der Waals surface area (Å²) in [6.07, 6.45) is 0. The monoisotopic (exact) mass is 357 g/mol. The van der Waals surface area contributed by atoms with E-state index in [0.717, 1.165) is 10.8 Å². The minimum absolute atomic E-state index is 0.298. The molecule has 120 valence electrons. The summed E-state index contributed by atoms with van der Waals surface area (Å²) >= 11 is 11.9. The molecule has 0 fully saturated rings. The topological polar surface area (TPSA) is 42.2 Å². The van der Waals surface area contributed by atoms with E-state index >= 15 is 0 Å². The number of nitriles is 1. The Morgan fingerprint density at radius 2 is 1.58 bits per heavy atom. The molecule has 0 aliphatic rings. The minimum atomic E-state index is 0.298. The van der Waals surface area contributed by atoms with Crippen molar-refractivity contribution in [3.05, 3.63) is 70.2 Å². The number of fused-ring (bicyclic) bond motifs is 1. The summed E-state index contributed by atoms with van der Waals surface area (Å²) in [6.45, 7) is 0.602. The maximum atomic E-state index is 9.42. The lowest BCUT2D eigenvalue weighted by molar-refractivity contribution is 0.217. The fraction of sp³-hybridized carbons (Fsp3) is 0.105. The van der Waals surface area contributed by atoms with E-state index in [0.29, 0.717) is 40.3 Å². The van der Waals surface area contributed by atoms with Crippen molar-refractivity contribution in [3.8, 4) is 17.6 Å². The molecule has 0 heterocycles. The van der Waals surface area contributed by atoms with Gasteiger partial charge in [0.2, 0.25) is 0 Å². The van der Waals surface area contributed by atoms with Crippen LogP contribution >= 0.6 is 23.2 Å². The first-order valence-corrected chi connectivity index (χ1v) is 8.07. The maximum absolute atomic E-state index is 9.42. The summed E-state index contributed by atoms with van der Waals surface area (Å²) in [5, 5.41) is 12.3. The molecular formula is C19H13Cl2NO2. The summed E-state index contributed by atoms with van der Waals surface area (Å²) in [5.41, 5.74) is 0.526. The third kappa shape index (κ3) is 3.56. The predicted molar refractivity (Wildman–Crippen MR) is 96.1 cm³/mol. The number of halogens is 2. The van der Waals surface area contributed by atoms with Crippen molar-refractivity contribution in [3.63, 3.8) is 0 Å². The third-order valence-corrected chi connectivity index (χ3v) is 4.03. The van der Waals surface area contributed by atoms with Crippen molar-refractivity contribution in [2.24, 2.45) is 0 Å². The normalized spacial score (nSPS) is 10.4. The zero-order chi connectivity index (χ0) is 16.9. The van der Waals surface area contributed by atoms with E-state index in [2.05, 4.69) is 6.07 Å². The summed E-state index contributed by atoms with van der Waals surface area (Å²) in [4.78, 5) is 0. The van der Waals surface area contributed by atoms with Gasteiger partial charge in [0.15, 0.2) is 0 Å². The Labute approximate surface area is 149 Å². The van der Waals surface area contributed by atoms with Gasteiger partial charge in [-0.15, -0.1) is 0 Å². The number of hydrogen-bond donors (Lipinski definition) is 0. The van der Waals surface area contributed by atoms with Crippen molar-refractivity contribution in [1.29, 1.82) is 5.26 Å². The molecule has 0 aliphatic heterocycles. The van der Waals surface area contributed by atoms with Crippen LogP contribution in [-0.4, -0.2) is 13.2 Å².